The van der Waals surface area contributed by atoms with E-state index in [4.69, 9.17) is 29.4 Å². The second kappa shape index (κ2) is 19.3. The first-order valence-electron chi connectivity index (χ1n) is 12.8. The number of amides is 2. The third-order valence-electron chi connectivity index (χ3n) is 4.74. The quantitative estimate of drug-likeness (QED) is 0.141. The summed E-state index contributed by atoms with van der Waals surface area (Å²) in [7, 11) is -1.57. The molecule has 0 aliphatic carbocycles. The fraction of sp³-hybridized carbons (Fsp3) is 0.875. The highest BCUT2D eigenvalue weighted by molar-refractivity contribution is 6.76. The van der Waals surface area contributed by atoms with Gasteiger partial charge in [-0.1, -0.05) is 19.6 Å². The summed E-state index contributed by atoms with van der Waals surface area (Å²) in [6, 6.07) is -0.534. The Labute approximate surface area is 222 Å². The molecule has 0 aliphatic heterocycles. The summed E-state index contributed by atoms with van der Waals surface area (Å²) in [6.45, 7) is 15.3. The van der Waals surface area contributed by atoms with Crippen molar-refractivity contribution in [3.8, 4) is 0 Å². The average molecular weight is 552 g/mol. The molecule has 37 heavy (non-hydrogen) atoms. The number of ether oxygens (including phenoxy) is 5. The molecule has 1 atom stereocenters. The summed E-state index contributed by atoms with van der Waals surface area (Å²) in [4.78, 5) is 38.2. The second-order valence-corrected chi connectivity index (χ2v) is 16.3. The van der Waals surface area contributed by atoms with E-state index >= 15 is 0 Å². The van der Waals surface area contributed by atoms with Gasteiger partial charge in [0.25, 0.3) is 0 Å². The van der Waals surface area contributed by atoms with Crippen LogP contribution in [0, 0.1) is 0 Å². The van der Waals surface area contributed by atoms with Crippen molar-refractivity contribution in [1.29, 1.82) is 0 Å². The first-order chi connectivity index (χ1) is 17.3. The Morgan fingerprint density at radius 1 is 0.892 bits per heavy atom. The topological polar surface area (TPSA) is 159 Å². The van der Waals surface area contributed by atoms with Crippen LogP contribution in [0.3, 0.4) is 0 Å². The van der Waals surface area contributed by atoms with Gasteiger partial charge in [0.2, 0.25) is 5.91 Å². The van der Waals surface area contributed by atoms with Crippen LogP contribution in [0.1, 0.15) is 27.2 Å². The molecule has 0 unspecified atom stereocenters. The average Bonchev–Trinajstić information content (AvgIpc) is 2.76. The zero-order valence-corrected chi connectivity index (χ0v) is 24.5. The number of carboxylic acid groups (broad SMARTS) is 1. The van der Waals surface area contributed by atoms with Gasteiger partial charge in [-0.25, -0.2) is 9.59 Å². The monoisotopic (exact) mass is 551 g/mol. The number of nitrogens with two attached hydrogens (primary N) is 1. The Kier molecular flexibility index (Phi) is 18.4. The van der Waals surface area contributed by atoms with Crippen molar-refractivity contribution in [1.82, 2.24) is 10.2 Å². The van der Waals surface area contributed by atoms with E-state index in [9.17, 15) is 19.5 Å². The van der Waals surface area contributed by atoms with E-state index in [0.29, 0.717) is 58.8 Å². The van der Waals surface area contributed by atoms with Gasteiger partial charge in [-0.2, -0.15) is 0 Å². The highest BCUT2D eigenvalue weighted by Gasteiger charge is 2.34. The molecule has 13 heteroatoms. The molecule has 0 saturated carbocycles. The second-order valence-electron chi connectivity index (χ2n) is 10.6. The van der Waals surface area contributed by atoms with Gasteiger partial charge in [-0.05, 0) is 26.8 Å². The van der Waals surface area contributed by atoms with E-state index in [2.05, 4.69) is 25.0 Å². The summed E-state index contributed by atoms with van der Waals surface area (Å²) in [5.41, 5.74) is 4.55. The third kappa shape index (κ3) is 20.9. The van der Waals surface area contributed by atoms with E-state index in [-0.39, 0.29) is 32.0 Å². The van der Waals surface area contributed by atoms with Gasteiger partial charge in [-0.15, -0.1) is 0 Å². The molecule has 0 aromatic heterocycles. The normalized spacial score (nSPS) is 12.7. The van der Waals surface area contributed by atoms with E-state index in [0.717, 1.165) is 0 Å². The van der Waals surface area contributed by atoms with Crippen LogP contribution in [-0.4, -0.2) is 120 Å². The highest BCUT2D eigenvalue weighted by Crippen LogP contribution is 2.16. The number of hydrogen-bond acceptors (Lipinski definition) is 9. The van der Waals surface area contributed by atoms with Crippen LogP contribution in [0.4, 0.5) is 4.79 Å². The summed E-state index contributed by atoms with van der Waals surface area (Å²) in [5, 5.41) is 12.4. The molecule has 0 bridgehead atoms. The summed E-state index contributed by atoms with van der Waals surface area (Å²) in [5.74, 6) is -1.58. The summed E-state index contributed by atoms with van der Waals surface area (Å²) >= 11 is 0. The lowest BCUT2D eigenvalue weighted by atomic mass is 10.2. The number of rotatable bonds is 21. The van der Waals surface area contributed by atoms with Crippen LogP contribution in [0.25, 0.3) is 0 Å². The van der Waals surface area contributed by atoms with Gasteiger partial charge in [0.1, 0.15) is 11.6 Å². The Morgan fingerprint density at radius 2 is 1.38 bits per heavy atom. The lowest BCUT2D eigenvalue weighted by Gasteiger charge is -2.33. The molecule has 0 fully saturated rings. The van der Waals surface area contributed by atoms with Crippen LogP contribution in [0.2, 0.25) is 25.7 Å². The van der Waals surface area contributed by atoms with Crippen LogP contribution in [-0.2, 0) is 33.3 Å². The molecule has 0 rings (SSSR count). The predicted molar refractivity (Wildman–Crippen MR) is 142 cm³/mol. The van der Waals surface area contributed by atoms with Crippen molar-refractivity contribution in [2.45, 2.75) is 64.5 Å². The lowest BCUT2D eigenvalue weighted by molar-refractivity contribution is -0.143. The maximum Gasteiger partial charge on any atom is 0.411 e. The minimum absolute atomic E-state index is 0.0552. The number of aliphatic carboxylic acids is 1. The summed E-state index contributed by atoms with van der Waals surface area (Å²) in [6.07, 6.45) is -0.652. The standard InChI is InChI=1S/C24H49N3O9Si/c1-24(2,3)36-23(31)27(9-18-37(4,5)6)20(22(29)30)19-26-21(28)7-10-32-12-14-34-16-17-35-15-13-33-11-8-25/h20H,7-19,25H2,1-6H3,(H,26,28)(H,29,30)/t20-/m1/s1. The molecular weight excluding hydrogens is 502 g/mol. The Balaban J connectivity index is 4.37. The van der Waals surface area contributed by atoms with Crippen LogP contribution in [0.5, 0.6) is 0 Å². The van der Waals surface area contributed by atoms with Crippen molar-refractivity contribution in [2.24, 2.45) is 5.73 Å². The molecule has 2 amide bonds. The molecule has 0 heterocycles. The summed E-state index contributed by atoms with van der Waals surface area (Å²) < 4.78 is 26.7. The Morgan fingerprint density at radius 3 is 1.81 bits per heavy atom. The maximum absolute atomic E-state index is 12.8. The van der Waals surface area contributed by atoms with Crippen molar-refractivity contribution >= 4 is 26.0 Å². The van der Waals surface area contributed by atoms with Gasteiger partial charge in [0, 0.05) is 34.1 Å². The van der Waals surface area contributed by atoms with Crippen molar-refractivity contribution in [3.63, 3.8) is 0 Å². The van der Waals surface area contributed by atoms with Gasteiger partial charge in [0.15, 0.2) is 0 Å². The zero-order valence-electron chi connectivity index (χ0n) is 23.5. The van der Waals surface area contributed by atoms with Gasteiger partial charge >= 0.3 is 12.1 Å². The molecule has 0 radical (unpaired) electrons. The Hall–Kier alpha value is -1.77. The SMILES string of the molecule is CC(C)(C)OC(=O)N(CC[Si](C)(C)C)[C@H](CNC(=O)CCOCCOCCOCCOCCN)C(=O)O. The molecular formula is C24H49N3O9Si. The predicted octanol–water partition coefficient (Wildman–Crippen LogP) is 1.55. The minimum atomic E-state index is -1.57. The number of nitrogens with one attached hydrogen (secondary N) is 1. The number of carbonyl (C=O) groups excluding carboxylic acids is 2. The molecule has 0 aromatic carbocycles. The van der Waals surface area contributed by atoms with Gasteiger partial charge < -0.3 is 39.8 Å². The van der Waals surface area contributed by atoms with Crippen LogP contribution < -0.4 is 11.1 Å². The fourth-order valence-corrected chi connectivity index (χ4v) is 3.70. The number of nitrogens with zero attached hydrogens (tertiary/aromatic N) is 1. The number of carboxylic acids is 1. The van der Waals surface area contributed by atoms with E-state index < -0.39 is 31.8 Å². The van der Waals surface area contributed by atoms with Gasteiger partial charge in [0.05, 0.1) is 52.9 Å². The largest absolute Gasteiger partial charge is 0.480 e. The highest BCUT2D eigenvalue weighted by atomic mass is 28.3. The molecule has 0 saturated heterocycles. The number of hydrogen-bond donors (Lipinski definition) is 3. The van der Waals surface area contributed by atoms with E-state index in [1.165, 1.54) is 4.90 Å². The van der Waals surface area contributed by atoms with Crippen molar-refractivity contribution in [3.05, 3.63) is 0 Å². The molecule has 218 valence electrons. The zero-order chi connectivity index (χ0) is 28.3. The van der Waals surface area contributed by atoms with Crippen molar-refractivity contribution < 1.29 is 43.2 Å². The molecule has 0 spiro atoms. The van der Waals surface area contributed by atoms with Crippen LogP contribution >= 0.6 is 0 Å². The van der Waals surface area contributed by atoms with E-state index in [1.54, 1.807) is 20.8 Å². The van der Waals surface area contributed by atoms with Crippen molar-refractivity contribution in [2.75, 3.05) is 72.5 Å². The van der Waals surface area contributed by atoms with Gasteiger partial charge in [-0.3, -0.25) is 9.69 Å². The molecule has 4 N–H and O–H groups in total. The molecule has 12 nitrogen and oxygen atoms in total. The fourth-order valence-electron chi connectivity index (χ4n) is 2.79. The number of carbonyl (C=O) groups is 3. The molecule has 0 aliphatic rings. The molecule has 0 aromatic rings. The lowest BCUT2D eigenvalue weighted by Crippen LogP contribution is -2.53. The maximum atomic E-state index is 12.8. The van der Waals surface area contributed by atoms with E-state index in [1.807, 2.05) is 0 Å². The Bertz CT molecular complexity index is 654. The first kappa shape index (κ1) is 35.2. The third-order valence-corrected chi connectivity index (χ3v) is 6.46. The first-order valence-corrected chi connectivity index (χ1v) is 16.5. The smallest absolute Gasteiger partial charge is 0.411 e. The van der Waals surface area contributed by atoms with Crippen LogP contribution in [0.15, 0.2) is 0 Å². The minimum Gasteiger partial charge on any atom is -0.480 e.